The molecule has 0 bridgehead atoms. The lowest BCUT2D eigenvalue weighted by Gasteiger charge is -2.23. The van der Waals surface area contributed by atoms with Crippen molar-refractivity contribution in [1.29, 1.82) is 0 Å². The third-order valence-electron chi connectivity index (χ3n) is 3.32. The topological polar surface area (TPSA) is 47.6 Å². The van der Waals surface area contributed by atoms with Crippen LogP contribution >= 0.6 is 0 Å². The van der Waals surface area contributed by atoms with Crippen LogP contribution in [0.15, 0.2) is 24.3 Å². The van der Waals surface area contributed by atoms with E-state index in [1.807, 2.05) is 52.8 Å². The lowest BCUT2D eigenvalue weighted by atomic mass is 10.0. The van der Waals surface area contributed by atoms with Gasteiger partial charge in [0.1, 0.15) is 0 Å². The summed E-state index contributed by atoms with van der Waals surface area (Å²) in [5.41, 5.74) is 0.686. The first-order valence-corrected chi connectivity index (χ1v) is 7.62. The standard InChI is InChI=1S/C18H27NO3/c1-7-18(4,5)19-17(20)11-9-14-8-10-15(22-13(2)3)16(12-14)21-6/h8-13H,7H2,1-6H3,(H,19,20)/b11-9+. The molecule has 0 fully saturated rings. The molecular formula is C18H27NO3. The molecule has 0 saturated heterocycles. The molecule has 0 unspecified atom stereocenters. The van der Waals surface area contributed by atoms with Crippen LogP contribution in [-0.2, 0) is 4.79 Å². The van der Waals surface area contributed by atoms with Crippen LogP contribution in [0, 0.1) is 0 Å². The van der Waals surface area contributed by atoms with Crippen molar-refractivity contribution in [2.24, 2.45) is 0 Å². The minimum absolute atomic E-state index is 0.0809. The van der Waals surface area contributed by atoms with Crippen LogP contribution in [0.1, 0.15) is 46.6 Å². The molecule has 0 aliphatic carbocycles. The number of ether oxygens (including phenoxy) is 2. The van der Waals surface area contributed by atoms with Gasteiger partial charge in [0.05, 0.1) is 13.2 Å². The fraction of sp³-hybridized carbons (Fsp3) is 0.500. The summed E-state index contributed by atoms with van der Waals surface area (Å²) in [6.07, 6.45) is 4.26. The van der Waals surface area contributed by atoms with Crippen LogP contribution in [0.2, 0.25) is 0 Å². The molecule has 1 rings (SSSR count). The first-order valence-electron chi connectivity index (χ1n) is 7.62. The Kier molecular flexibility index (Phi) is 6.47. The van der Waals surface area contributed by atoms with E-state index < -0.39 is 0 Å². The molecule has 1 aromatic rings. The fourth-order valence-electron chi connectivity index (χ4n) is 1.77. The number of benzene rings is 1. The van der Waals surface area contributed by atoms with E-state index in [0.717, 1.165) is 12.0 Å². The van der Waals surface area contributed by atoms with Crippen LogP contribution in [0.25, 0.3) is 6.08 Å². The number of hydrogen-bond acceptors (Lipinski definition) is 3. The molecule has 122 valence electrons. The summed E-state index contributed by atoms with van der Waals surface area (Å²) in [4.78, 5) is 11.9. The molecule has 22 heavy (non-hydrogen) atoms. The van der Waals surface area contributed by atoms with Gasteiger partial charge in [-0.15, -0.1) is 0 Å². The average Bonchev–Trinajstić information content (AvgIpc) is 2.45. The molecule has 0 radical (unpaired) electrons. The van der Waals surface area contributed by atoms with E-state index in [9.17, 15) is 4.79 Å². The van der Waals surface area contributed by atoms with Crippen LogP contribution in [0.3, 0.4) is 0 Å². The van der Waals surface area contributed by atoms with E-state index in [1.54, 1.807) is 13.2 Å². The van der Waals surface area contributed by atoms with E-state index >= 15 is 0 Å². The van der Waals surface area contributed by atoms with Gasteiger partial charge in [0, 0.05) is 11.6 Å². The van der Waals surface area contributed by atoms with Gasteiger partial charge in [0.15, 0.2) is 11.5 Å². The maximum atomic E-state index is 11.9. The molecule has 0 aromatic heterocycles. The van der Waals surface area contributed by atoms with E-state index in [0.29, 0.717) is 11.5 Å². The Balaban J connectivity index is 2.81. The predicted octanol–water partition coefficient (Wildman–Crippen LogP) is 3.80. The molecule has 0 aliphatic rings. The van der Waals surface area contributed by atoms with E-state index in [-0.39, 0.29) is 17.6 Å². The molecule has 1 N–H and O–H groups in total. The second-order valence-electron chi connectivity index (χ2n) is 6.14. The van der Waals surface area contributed by atoms with Crippen molar-refractivity contribution in [3.05, 3.63) is 29.8 Å². The summed E-state index contributed by atoms with van der Waals surface area (Å²) in [7, 11) is 1.60. The van der Waals surface area contributed by atoms with Crippen LogP contribution in [-0.4, -0.2) is 24.7 Å². The summed E-state index contributed by atoms with van der Waals surface area (Å²) >= 11 is 0. The van der Waals surface area contributed by atoms with Crippen molar-refractivity contribution in [2.75, 3.05) is 7.11 Å². The van der Waals surface area contributed by atoms with Crippen LogP contribution in [0.5, 0.6) is 11.5 Å². The average molecular weight is 305 g/mol. The summed E-state index contributed by atoms with van der Waals surface area (Å²) < 4.78 is 11.0. The van der Waals surface area contributed by atoms with Gasteiger partial charge < -0.3 is 14.8 Å². The van der Waals surface area contributed by atoms with Gasteiger partial charge in [-0.05, 0) is 57.9 Å². The Hall–Kier alpha value is -1.97. The molecule has 0 atom stereocenters. The number of nitrogens with one attached hydrogen (secondary N) is 1. The second-order valence-corrected chi connectivity index (χ2v) is 6.14. The van der Waals surface area contributed by atoms with E-state index in [1.165, 1.54) is 6.08 Å². The van der Waals surface area contributed by atoms with Crippen molar-refractivity contribution in [1.82, 2.24) is 5.32 Å². The summed E-state index contributed by atoms with van der Waals surface area (Å²) in [5.74, 6) is 1.25. The lowest BCUT2D eigenvalue weighted by molar-refractivity contribution is -0.117. The third kappa shape index (κ3) is 5.80. The molecule has 1 aromatic carbocycles. The molecular weight excluding hydrogens is 278 g/mol. The second kappa shape index (κ2) is 7.87. The number of rotatable bonds is 7. The molecule has 4 nitrogen and oxygen atoms in total. The van der Waals surface area contributed by atoms with Gasteiger partial charge in [0.2, 0.25) is 5.91 Å². The first-order chi connectivity index (χ1) is 10.3. The van der Waals surface area contributed by atoms with E-state index in [4.69, 9.17) is 9.47 Å². The zero-order valence-corrected chi connectivity index (χ0v) is 14.4. The SMILES string of the molecule is CCC(C)(C)NC(=O)/C=C/c1ccc(OC(C)C)c(OC)c1. The predicted molar refractivity (Wildman–Crippen MR) is 90.3 cm³/mol. The number of carbonyl (C=O) groups is 1. The Bertz CT molecular complexity index is 533. The molecule has 0 heterocycles. The molecule has 0 aliphatic heterocycles. The Labute approximate surface area is 133 Å². The Morgan fingerprint density at radius 2 is 2.00 bits per heavy atom. The number of methoxy groups -OCH3 is 1. The largest absolute Gasteiger partial charge is 0.493 e. The lowest BCUT2D eigenvalue weighted by Crippen LogP contribution is -2.41. The van der Waals surface area contributed by atoms with Gasteiger partial charge in [-0.2, -0.15) is 0 Å². The van der Waals surface area contributed by atoms with Crippen molar-refractivity contribution in [2.45, 2.75) is 52.7 Å². The molecule has 0 spiro atoms. The normalized spacial score (nSPS) is 11.8. The maximum Gasteiger partial charge on any atom is 0.244 e. The number of carbonyl (C=O) groups excluding carboxylic acids is 1. The van der Waals surface area contributed by atoms with Gasteiger partial charge in [-0.3, -0.25) is 4.79 Å². The maximum absolute atomic E-state index is 11.9. The van der Waals surface area contributed by atoms with Crippen molar-refractivity contribution >= 4 is 12.0 Å². The fourth-order valence-corrected chi connectivity index (χ4v) is 1.77. The summed E-state index contributed by atoms with van der Waals surface area (Å²) in [6.45, 7) is 9.97. The summed E-state index contributed by atoms with van der Waals surface area (Å²) in [5, 5.41) is 2.96. The number of amides is 1. The third-order valence-corrected chi connectivity index (χ3v) is 3.32. The Morgan fingerprint density at radius 1 is 1.32 bits per heavy atom. The van der Waals surface area contributed by atoms with Gasteiger partial charge in [-0.25, -0.2) is 0 Å². The molecule has 1 amide bonds. The highest BCUT2D eigenvalue weighted by Gasteiger charge is 2.16. The number of hydrogen-bond donors (Lipinski definition) is 1. The van der Waals surface area contributed by atoms with Crippen molar-refractivity contribution < 1.29 is 14.3 Å². The highest BCUT2D eigenvalue weighted by atomic mass is 16.5. The van der Waals surface area contributed by atoms with Crippen LogP contribution < -0.4 is 14.8 Å². The zero-order valence-electron chi connectivity index (χ0n) is 14.4. The van der Waals surface area contributed by atoms with Crippen molar-refractivity contribution in [3.63, 3.8) is 0 Å². The zero-order chi connectivity index (χ0) is 16.8. The van der Waals surface area contributed by atoms with Gasteiger partial charge >= 0.3 is 0 Å². The minimum Gasteiger partial charge on any atom is -0.493 e. The minimum atomic E-state index is -0.200. The molecule has 4 heteroatoms. The van der Waals surface area contributed by atoms with Crippen LogP contribution in [0.4, 0.5) is 0 Å². The highest BCUT2D eigenvalue weighted by molar-refractivity contribution is 5.92. The quantitative estimate of drug-likeness (QED) is 0.779. The highest BCUT2D eigenvalue weighted by Crippen LogP contribution is 2.29. The Morgan fingerprint density at radius 3 is 2.55 bits per heavy atom. The molecule has 0 saturated carbocycles. The van der Waals surface area contributed by atoms with Crippen molar-refractivity contribution in [3.8, 4) is 11.5 Å². The first kappa shape index (κ1) is 18.1. The van der Waals surface area contributed by atoms with E-state index in [2.05, 4.69) is 5.32 Å². The van der Waals surface area contributed by atoms with Gasteiger partial charge in [-0.1, -0.05) is 13.0 Å². The van der Waals surface area contributed by atoms with Gasteiger partial charge in [0.25, 0.3) is 0 Å². The smallest absolute Gasteiger partial charge is 0.244 e. The summed E-state index contributed by atoms with van der Waals surface area (Å²) in [6, 6.07) is 5.60. The monoisotopic (exact) mass is 305 g/mol.